The number of rotatable bonds is 7. The number of amides is 1. The average molecular weight is 293 g/mol. The van der Waals surface area contributed by atoms with Crippen LogP contribution in [-0.2, 0) is 11.3 Å². The van der Waals surface area contributed by atoms with Crippen molar-refractivity contribution in [3.05, 3.63) is 23.7 Å². The molecule has 21 heavy (non-hydrogen) atoms. The van der Waals surface area contributed by atoms with Crippen LogP contribution < -0.4 is 5.32 Å². The summed E-state index contributed by atoms with van der Waals surface area (Å²) in [6.07, 6.45) is 9.24. The monoisotopic (exact) mass is 293 g/mol. The van der Waals surface area contributed by atoms with Gasteiger partial charge in [-0.2, -0.15) is 0 Å². The summed E-state index contributed by atoms with van der Waals surface area (Å²) < 4.78 is 5.08. The maximum absolute atomic E-state index is 11.7. The van der Waals surface area contributed by atoms with Crippen molar-refractivity contribution in [2.75, 3.05) is 0 Å². The zero-order chi connectivity index (χ0) is 15.1. The smallest absolute Gasteiger partial charge is 0.371 e. The molecule has 0 bridgehead atoms. The minimum Gasteiger partial charge on any atom is -0.475 e. The third kappa shape index (κ3) is 5.25. The molecule has 0 radical (unpaired) electrons. The number of hydrogen-bond donors (Lipinski definition) is 2. The first-order valence-corrected chi connectivity index (χ1v) is 7.74. The molecule has 1 amide bonds. The second kappa shape index (κ2) is 7.86. The number of carbonyl (C=O) groups is 2. The quantitative estimate of drug-likeness (QED) is 0.808. The molecule has 0 spiro atoms. The lowest BCUT2D eigenvalue weighted by atomic mass is 9.86. The highest BCUT2D eigenvalue weighted by Gasteiger charge is 2.14. The molecule has 0 aromatic carbocycles. The van der Waals surface area contributed by atoms with Crippen molar-refractivity contribution in [2.24, 2.45) is 5.92 Å². The summed E-state index contributed by atoms with van der Waals surface area (Å²) in [4.78, 5) is 22.4. The van der Waals surface area contributed by atoms with Crippen LogP contribution in [0.5, 0.6) is 0 Å². The predicted octanol–water partition coefficient (Wildman–Crippen LogP) is 3.34. The molecule has 1 heterocycles. The molecule has 1 fully saturated rings. The van der Waals surface area contributed by atoms with E-state index in [9.17, 15) is 9.59 Å². The highest BCUT2D eigenvalue weighted by atomic mass is 16.4. The van der Waals surface area contributed by atoms with E-state index in [1.165, 1.54) is 38.2 Å². The average Bonchev–Trinajstić information content (AvgIpc) is 2.95. The van der Waals surface area contributed by atoms with Gasteiger partial charge in [0, 0.05) is 6.42 Å². The number of hydrogen-bond acceptors (Lipinski definition) is 3. The Hall–Kier alpha value is -1.78. The number of carboxylic acids is 1. The molecule has 0 aliphatic heterocycles. The van der Waals surface area contributed by atoms with Gasteiger partial charge in [0.05, 0.1) is 6.54 Å². The minimum absolute atomic E-state index is 0.000848. The van der Waals surface area contributed by atoms with Crippen molar-refractivity contribution < 1.29 is 19.1 Å². The molecule has 1 aliphatic rings. The van der Waals surface area contributed by atoms with Gasteiger partial charge in [-0.25, -0.2) is 4.79 Å². The van der Waals surface area contributed by atoms with Crippen LogP contribution in [-0.4, -0.2) is 17.0 Å². The van der Waals surface area contributed by atoms with Crippen LogP contribution in [0.1, 0.15) is 67.7 Å². The minimum atomic E-state index is -1.10. The Labute approximate surface area is 124 Å². The van der Waals surface area contributed by atoms with Crippen LogP contribution in [0.25, 0.3) is 0 Å². The van der Waals surface area contributed by atoms with Gasteiger partial charge in [0.15, 0.2) is 0 Å². The molecule has 0 unspecified atom stereocenters. The highest BCUT2D eigenvalue weighted by molar-refractivity contribution is 5.84. The molecule has 0 atom stereocenters. The third-order valence-corrected chi connectivity index (χ3v) is 4.07. The van der Waals surface area contributed by atoms with E-state index in [-0.39, 0.29) is 18.2 Å². The fourth-order valence-electron chi connectivity index (χ4n) is 2.89. The second-order valence-corrected chi connectivity index (χ2v) is 5.74. The van der Waals surface area contributed by atoms with E-state index in [1.54, 1.807) is 6.07 Å². The molecule has 1 aliphatic carbocycles. The number of carboxylic acid groups (broad SMARTS) is 1. The summed E-state index contributed by atoms with van der Waals surface area (Å²) in [7, 11) is 0. The molecular weight excluding hydrogens is 270 g/mol. The van der Waals surface area contributed by atoms with Gasteiger partial charge in [0.2, 0.25) is 11.7 Å². The first-order chi connectivity index (χ1) is 10.1. The highest BCUT2D eigenvalue weighted by Crippen LogP contribution is 2.27. The van der Waals surface area contributed by atoms with Gasteiger partial charge in [0.25, 0.3) is 0 Å². The zero-order valence-corrected chi connectivity index (χ0v) is 12.3. The Morgan fingerprint density at radius 3 is 2.67 bits per heavy atom. The molecule has 5 heteroatoms. The maximum Gasteiger partial charge on any atom is 0.371 e. The summed E-state index contributed by atoms with van der Waals surface area (Å²) in [6, 6.07) is 2.97. The molecule has 1 saturated carbocycles. The van der Waals surface area contributed by atoms with Gasteiger partial charge in [-0.3, -0.25) is 4.79 Å². The molecule has 2 N–H and O–H groups in total. The van der Waals surface area contributed by atoms with E-state index >= 15 is 0 Å². The fourth-order valence-corrected chi connectivity index (χ4v) is 2.89. The van der Waals surface area contributed by atoms with E-state index in [1.807, 2.05) is 0 Å². The van der Waals surface area contributed by atoms with Crippen molar-refractivity contribution in [1.29, 1.82) is 0 Å². The van der Waals surface area contributed by atoms with Crippen molar-refractivity contribution in [1.82, 2.24) is 5.32 Å². The van der Waals surface area contributed by atoms with Crippen molar-refractivity contribution in [3.8, 4) is 0 Å². The zero-order valence-electron chi connectivity index (χ0n) is 12.3. The summed E-state index contributed by atoms with van der Waals surface area (Å²) >= 11 is 0. The van der Waals surface area contributed by atoms with Crippen LogP contribution in [0, 0.1) is 5.92 Å². The SMILES string of the molecule is O=C(CCCC1CCCCC1)NCc1ccc(C(=O)O)o1. The van der Waals surface area contributed by atoms with Crippen LogP contribution in [0.15, 0.2) is 16.5 Å². The summed E-state index contributed by atoms with van der Waals surface area (Å²) in [5.41, 5.74) is 0. The van der Waals surface area contributed by atoms with Crippen molar-refractivity contribution in [2.45, 2.75) is 57.9 Å². The van der Waals surface area contributed by atoms with E-state index in [0.717, 1.165) is 18.8 Å². The lowest BCUT2D eigenvalue weighted by molar-refractivity contribution is -0.121. The predicted molar refractivity (Wildman–Crippen MR) is 77.9 cm³/mol. The molecule has 0 saturated heterocycles. The van der Waals surface area contributed by atoms with Crippen LogP contribution in [0.3, 0.4) is 0 Å². The maximum atomic E-state index is 11.7. The number of furan rings is 1. The lowest BCUT2D eigenvalue weighted by Crippen LogP contribution is -2.22. The van der Waals surface area contributed by atoms with Crippen molar-refractivity contribution in [3.63, 3.8) is 0 Å². The van der Waals surface area contributed by atoms with Crippen LogP contribution in [0.4, 0.5) is 0 Å². The van der Waals surface area contributed by atoms with Crippen LogP contribution in [0.2, 0.25) is 0 Å². The normalized spacial score (nSPS) is 15.8. The molecule has 1 aromatic heterocycles. The second-order valence-electron chi connectivity index (χ2n) is 5.74. The Morgan fingerprint density at radius 1 is 1.24 bits per heavy atom. The number of nitrogens with one attached hydrogen (secondary N) is 1. The Morgan fingerprint density at radius 2 is 2.00 bits per heavy atom. The molecule has 2 rings (SSSR count). The van der Waals surface area contributed by atoms with Gasteiger partial charge in [-0.05, 0) is 30.9 Å². The van der Waals surface area contributed by atoms with Crippen molar-refractivity contribution >= 4 is 11.9 Å². The Bertz CT molecular complexity index is 474. The number of aromatic carboxylic acids is 1. The van der Waals surface area contributed by atoms with E-state index in [0.29, 0.717) is 12.2 Å². The Balaban J connectivity index is 1.61. The van der Waals surface area contributed by atoms with Crippen LogP contribution >= 0.6 is 0 Å². The van der Waals surface area contributed by atoms with E-state index in [4.69, 9.17) is 9.52 Å². The molecular formula is C16H23NO4. The first-order valence-electron chi connectivity index (χ1n) is 7.74. The van der Waals surface area contributed by atoms with Gasteiger partial charge in [-0.15, -0.1) is 0 Å². The Kier molecular flexibility index (Phi) is 5.84. The van der Waals surface area contributed by atoms with Gasteiger partial charge < -0.3 is 14.8 Å². The molecule has 1 aromatic rings. The van der Waals surface area contributed by atoms with E-state index in [2.05, 4.69) is 5.32 Å². The summed E-state index contributed by atoms with van der Waals surface area (Å²) in [5, 5.41) is 11.5. The third-order valence-electron chi connectivity index (χ3n) is 4.07. The van der Waals surface area contributed by atoms with Gasteiger partial charge in [-0.1, -0.05) is 32.1 Å². The first kappa shape index (κ1) is 15.6. The molecule has 5 nitrogen and oxygen atoms in total. The van der Waals surface area contributed by atoms with Gasteiger partial charge >= 0.3 is 5.97 Å². The number of carbonyl (C=O) groups excluding carboxylic acids is 1. The topological polar surface area (TPSA) is 79.5 Å². The van der Waals surface area contributed by atoms with Gasteiger partial charge in [0.1, 0.15) is 5.76 Å². The summed E-state index contributed by atoms with van der Waals surface area (Å²) in [5.74, 6) is 0.0680. The van der Waals surface area contributed by atoms with E-state index < -0.39 is 5.97 Å². The lowest BCUT2D eigenvalue weighted by Gasteiger charge is -2.21. The molecule has 116 valence electrons. The largest absolute Gasteiger partial charge is 0.475 e. The fraction of sp³-hybridized carbons (Fsp3) is 0.625. The standard InChI is InChI=1S/C16H23NO4/c18-15(8-4-7-12-5-2-1-3-6-12)17-11-13-9-10-14(21-13)16(19)20/h9-10,12H,1-8,11H2,(H,17,18)(H,19,20). The summed E-state index contributed by atoms with van der Waals surface area (Å²) in [6.45, 7) is 0.246.